The zero-order valence-electron chi connectivity index (χ0n) is 23.2. The average Bonchev–Trinajstić information content (AvgIpc) is 3.41. The monoisotopic (exact) mass is 574 g/mol. The molecule has 2 aliphatic heterocycles. The first-order valence-electron chi connectivity index (χ1n) is 13.5. The highest BCUT2D eigenvalue weighted by atomic mass is 35.5. The van der Waals surface area contributed by atoms with Gasteiger partial charge < -0.3 is 30.3 Å². The lowest BCUT2D eigenvalue weighted by Gasteiger charge is -2.38. The average molecular weight is 575 g/mol. The number of thioether (sulfide) groups is 1. The van der Waals surface area contributed by atoms with Gasteiger partial charge in [-0.2, -0.15) is 0 Å². The number of halogens is 1. The van der Waals surface area contributed by atoms with Crippen LogP contribution in [0.15, 0.2) is 29.3 Å². The molecule has 2 aliphatic rings. The smallest absolute Gasteiger partial charge is 0.255 e. The van der Waals surface area contributed by atoms with Gasteiger partial charge in [-0.3, -0.25) is 4.79 Å². The SMILES string of the molecule is CC/C=C(\Sc1ccc(NC)c(C(=O)NCCOC)c1Cl)c1ncc(N2CCC3(CCOC3)CC2)nc1NC. The van der Waals surface area contributed by atoms with Crippen molar-refractivity contribution < 1.29 is 14.3 Å². The second-order valence-corrected chi connectivity index (χ2v) is 11.3. The van der Waals surface area contributed by atoms with Crippen LogP contribution in [0.4, 0.5) is 17.3 Å². The number of ether oxygens (including phenoxy) is 2. The van der Waals surface area contributed by atoms with Crippen molar-refractivity contribution in [2.24, 2.45) is 5.41 Å². The van der Waals surface area contributed by atoms with Crippen LogP contribution in [0, 0.1) is 5.41 Å². The molecule has 2 fully saturated rings. The van der Waals surface area contributed by atoms with Crippen molar-refractivity contribution >= 4 is 51.5 Å². The Hall–Kier alpha value is -2.53. The first-order chi connectivity index (χ1) is 18.9. The predicted molar refractivity (Wildman–Crippen MR) is 160 cm³/mol. The summed E-state index contributed by atoms with van der Waals surface area (Å²) in [7, 11) is 5.23. The molecular weight excluding hydrogens is 536 g/mol. The molecule has 2 saturated heterocycles. The van der Waals surface area contributed by atoms with Crippen molar-refractivity contribution in [2.75, 3.05) is 76.2 Å². The maximum absolute atomic E-state index is 13.0. The molecule has 11 heteroatoms. The number of amides is 1. The summed E-state index contributed by atoms with van der Waals surface area (Å²) in [6.07, 6.45) is 8.17. The van der Waals surface area contributed by atoms with E-state index in [2.05, 4.69) is 33.9 Å². The molecule has 0 radical (unpaired) electrons. The van der Waals surface area contributed by atoms with Crippen LogP contribution in [0.3, 0.4) is 0 Å². The number of allylic oxidation sites excluding steroid dienone is 1. The van der Waals surface area contributed by atoms with Crippen LogP contribution in [0.1, 0.15) is 48.7 Å². The molecule has 1 spiro atoms. The number of methoxy groups -OCH3 is 1. The van der Waals surface area contributed by atoms with Crippen LogP contribution in [0.5, 0.6) is 0 Å². The molecule has 0 unspecified atom stereocenters. The number of nitrogens with one attached hydrogen (secondary N) is 3. The summed E-state index contributed by atoms with van der Waals surface area (Å²) in [6, 6.07) is 3.79. The number of piperidine rings is 1. The Balaban J connectivity index is 1.57. The van der Waals surface area contributed by atoms with E-state index in [9.17, 15) is 4.79 Å². The molecular formula is C28H39ClN6O3S. The summed E-state index contributed by atoms with van der Waals surface area (Å²) in [5.74, 6) is 1.34. The summed E-state index contributed by atoms with van der Waals surface area (Å²) in [6.45, 7) is 6.56. The van der Waals surface area contributed by atoms with E-state index in [1.807, 2.05) is 25.4 Å². The highest BCUT2D eigenvalue weighted by Crippen LogP contribution is 2.43. The molecule has 212 valence electrons. The van der Waals surface area contributed by atoms with Crippen LogP contribution in [0.2, 0.25) is 5.02 Å². The quantitative estimate of drug-likeness (QED) is 0.249. The van der Waals surface area contributed by atoms with Gasteiger partial charge in [-0.25, -0.2) is 9.97 Å². The second-order valence-electron chi connectivity index (χ2n) is 9.84. The summed E-state index contributed by atoms with van der Waals surface area (Å²) in [5, 5.41) is 9.57. The second kappa shape index (κ2) is 13.7. The molecule has 4 rings (SSSR count). The molecule has 2 aromatic rings. The topological polar surface area (TPSA) is 101 Å². The van der Waals surface area contributed by atoms with E-state index in [1.165, 1.54) is 11.8 Å². The minimum absolute atomic E-state index is 0.252. The van der Waals surface area contributed by atoms with Gasteiger partial charge in [-0.1, -0.05) is 36.4 Å². The molecule has 1 aromatic carbocycles. The minimum atomic E-state index is -0.252. The van der Waals surface area contributed by atoms with Gasteiger partial charge in [0.25, 0.3) is 5.91 Å². The highest BCUT2D eigenvalue weighted by molar-refractivity contribution is 8.08. The number of benzene rings is 1. The van der Waals surface area contributed by atoms with Crippen LogP contribution in [0.25, 0.3) is 4.91 Å². The molecule has 0 bridgehead atoms. The molecule has 0 atom stereocenters. The molecule has 39 heavy (non-hydrogen) atoms. The third-order valence-electron chi connectivity index (χ3n) is 7.37. The lowest BCUT2D eigenvalue weighted by Crippen LogP contribution is -2.41. The van der Waals surface area contributed by atoms with E-state index in [0.29, 0.717) is 40.7 Å². The molecule has 3 N–H and O–H groups in total. The van der Waals surface area contributed by atoms with Crippen LogP contribution in [-0.4, -0.2) is 76.5 Å². The molecule has 9 nitrogen and oxygen atoms in total. The van der Waals surface area contributed by atoms with E-state index in [0.717, 1.165) is 73.3 Å². The Bertz CT molecular complexity index is 1180. The zero-order valence-corrected chi connectivity index (χ0v) is 24.8. The van der Waals surface area contributed by atoms with Gasteiger partial charge in [-0.15, -0.1) is 0 Å². The number of hydrogen-bond acceptors (Lipinski definition) is 9. The van der Waals surface area contributed by atoms with Gasteiger partial charge >= 0.3 is 0 Å². The van der Waals surface area contributed by atoms with Gasteiger partial charge in [0.05, 0.1) is 30.0 Å². The summed E-state index contributed by atoms with van der Waals surface area (Å²) < 4.78 is 10.7. The van der Waals surface area contributed by atoms with Gasteiger partial charge in [0.2, 0.25) is 0 Å². The fourth-order valence-electron chi connectivity index (χ4n) is 5.05. The fraction of sp³-hybridized carbons (Fsp3) is 0.536. The lowest BCUT2D eigenvalue weighted by atomic mass is 9.78. The largest absolute Gasteiger partial charge is 0.387 e. The minimum Gasteiger partial charge on any atom is -0.387 e. The van der Waals surface area contributed by atoms with Gasteiger partial charge in [0.1, 0.15) is 11.5 Å². The summed E-state index contributed by atoms with van der Waals surface area (Å²) in [5.41, 5.74) is 2.16. The standard InChI is InChI=1S/C28H39ClN6O3S/c1-5-6-21(39-20-8-7-19(30-2)23(24(20)29)27(36)32-12-16-37-4)25-26(31-3)34-22(17-33-25)35-13-9-28(10-14-35)11-15-38-18-28/h6-8,17,30H,5,9-16,18H2,1-4H3,(H,31,34)(H,32,36)/b21-6-. The van der Waals surface area contributed by atoms with Crippen molar-refractivity contribution in [1.29, 1.82) is 0 Å². The van der Waals surface area contributed by atoms with Crippen molar-refractivity contribution in [3.8, 4) is 0 Å². The molecule has 0 saturated carbocycles. The molecule has 3 heterocycles. The van der Waals surface area contributed by atoms with E-state index in [-0.39, 0.29) is 5.91 Å². The fourth-order valence-corrected chi connectivity index (χ4v) is 6.48. The number of carbonyl (C=O) groups is 1. The number of rotatable bonds is 11. The van der Waals surface area contributed by atoms with E-state index >= 15 is 0 Å². The van der Waals surface area contributed by atoms with Crippen molar-refractivity contribution in [1.82, 2.24) is 15.3 Å². The third-order valence-corrected chi connectivity index (χ3v) is 9.01. The maximum Gasteiger partial charge on any atom is 0.255 e. The Morgan fingerprint density at radius 3 is 2.69 bits per heavy atom. The van der Waals surface area contributed by atoms with Crippen LogP contribution in [-0.2, 0) is 9.47 Å². The highest BCUT2D eigenvalue weighted by Gasteiger charge is 2.38. The van der Waals surface area contributed by atoms with E-state index in [4.69, 9.17) is 31.0 Å². The van der Waals surface area contributed by atoms with Crippen molar-refractivity contribution in [3.63, 3.8) is 0 Å². The maximum atomic E-state index is 13.0. The number of anilines is 3. The third kappa shape index (κ3) is 6.80. The summed E-state index contributed by atoms with van der Waals surface area (Å²) in [4.78, 5) is 26.8. The zero-order chi connectivity index (χ0) is 27.8. The van der Waals surface area contributed by atoms with Gasteiger partial charge in [0.15, 0.2) is 5.82 Å². The molecule has 1 amide bonds. The van der Waals surface area contributed by atoms with E-state index in [1.54, 1.807) is 14.2 Å². The Labute approximate surface area is 240 Å². The van der Waals surface area contributed by atoms with E-state index < -0.39 is 0 Å². The van der Waals surface area contributed by atoms with Crippen LogP contribution < -0.4 is 20.9 Å². The number of aromatic nitrogens is 2. The molecule has 1 aromatic heterocycles. The number of carbonyl (C=O) groups excluding carboxylic acids is 1. The predicted octanol–water partition coefficient (Wildman–Crippen LogP) is 5.14. The Morgan fingerprint density at radius 2 is 2.05 bits per heavy atom. The number of nitrogens with zero attached hydrogens (tertiary/aromatic N) is 3. The van der Waals surface area contributed by atoms with Crippen molar-refractivity contribution in [3.05, 3.63) is 40.7 Å². The van der Waals surface area contributed by atoms with Gasteiger partial charge in [0, 0.05) is 62.9 Å². The first-order valence-corrected chi connectivity index (χ1v) is 14.7. The Morgan fingerprint density at radius 1 is 1.26 bits per heavy atom. The van der Waals surface area contributed by atoms with Crippen LogP contribution >= 0.6 is 23.4 Å². The first kappa shape index (κ1) is 29.5. The van der Waals surface area contributed by atoms with Gasteiger partial charge in [-0.05, 0) is 43.2 Å². The van der Waals surface area contributed by atoms with Crippen molar-refractivity contribution in [2.45, 2.75) is 37.5 Å². The molecule has 0 aliphatic carbocycles. The Kier molecular flexibility index (Phi) is 10.3. The summed E-state index contributed by atoms with van der Waals surface area (Å²) >= 11 is 8.32. The normalized spacial score (nSPS) is 16.9. The lowest BCUT2D eigenvalue weighted by molar-refractivity contribution is 0.0938. The number of hydrogen-bond donors (Lipinski definition) is 3.